The lowest BCUT2D eigenvalue weighted by Gasteiger charge is -2.28. The second kappa shape index (κ2) is 8.83. The molecule has 0 N–H and O–H groups in total. The summed E-state index contributed by atoms with van der Waals surface area (Å²) in [5.41, 5.74) is 8.88. The Hall–Kier alpha value is -2.56. The van der Waals surface area contributed by atoms with Gasteiger partial charge in [-0.15, -0.1) is 0 Å². The third-order valence-corrected chi connectivity index (χ3v) is 10.2. The van der Waals surface area contributed by atoms with Gasteiger partial charge in [-0.25, -0.2) is 0 Å². The fraction of sp³-hybridized carbons (Fsp3) is 0.323. The van der Waals surface area contributed by atoms with E-state index in [9.17, 15) is 0 Å². The van der Waals surface area contributed by atoms with Gasteiger partial charge in [-0.1, -0.05) is 66.4 Å². The molecule has 3 aliphatic heterocycles. The predicted octanol–water partition coefficient (Wildman–Crippen LogP) is 8.27. The molecule has 1 unspecified atom stereocenters. The highest BCUT2D eigenvalue weighted by Crippen LogP contribution is 2.50. The fourth-order valence-corrected chi connectivity index (χ4v) is 8.67. The zero-order valence-electron chi connectivity index (χ0n) is 20.3. The van der Waals surface area contributed by atoms with Crippen molar-refractivity contribution in [2.75, 3.05) is 11.4 Å². The standard InChI is InChI=1S/C31H31N2S2/c1-21-16-22(19-24-8-6-14-32-26-10-2-4-12-28(26)34-30(24)32)18-23(17-21)20-25-9-7-15-33-27-11-3-5-13-29(27)35-31(25)33/h2-5,10-13,18-21H,6-9,14-17H2,1H3/q+1. The number of hydrogen-bond donors (Lipinski definition) is 0. The zero-order valence-corrected chi connectivity index (χ0v) is 21.9. The summed E-state index contributed by atoms with van der Waals surface area (Å²) in [6.07, 6.45) is 14.8. The van der Waals surface area contributed by atoms with Crippen molar-refractivity contribution in [2.45, 2.75) is 56.9 Å². The van der Waals surface area contributed by atoms with E-state index < -0.39 is 0 Å². The van der Waals surface area contributed by atoms with Gasteiger partial charge in [0.05, 0.1) is 10.7 Å². The number of aromatic nitrogens is 1. The van der Waals surface area contributed by atoms with Crippen molar-refractivity contribution in [1.82, 2.24) is 0 Å². The summed E-state index contributed by atoms with van der Waals surface area (Å²) in [6.45, 7) is 4.71. The van der Waals surface area contributed by atoms with Crippen LogP contribution in [0.1, 0.15) is 50.5 Å². The number of anilines is 1. The van der Waals surface area contributed by atoms with Crippen LogP contribution in [0, 0.1) is 5.92 Å². The highest BCUT2D eigenvalue weighted by Gasteiger charge is 2.30. The van der Waals surface area contributed by atoms with Crippen molar-refractivity contribution in [1.29, 1.82) is 0 Å². The second-order valence-corrected chi connectivity index (χ2v) is 12.5. The number of allylic oxidation sites excluding steroid dienone is 7. The zero-order chi connectivity index (χ0) is 23.4. The van der Waals surface area contributed by atoms with E-state index in [1.165, 1.54) is 91.7 Å². The minimum absolute atomic E-state index is 0.690. The molecule has 0 amide bonds. The molecule has 0 spiro atoms. The first-order valence-corrected chi connectivity index (χ1v) is 14.7. The lowest BCUT2D eigenvalue weighted by atomic mass is 9.84. The quantitative estimate of drug-likeness (QED) is 0.330. The summed E-state index contributed by atoms with van der Waals surface area (Å²) in [5, 5.41) is 2.94. The molecule has 0 saturated carbocycles. The largest absolute Gasteiger partial charge is 0.335 e. The molecule has 4 heteroatoms. The summed E-state index contributed by atoms with van der Waals surface area (Å²) in [6, 6.07) is 17.8. The molecule has 4 aliphatic rings. The summed E-state index contributed by atoms with van der Waals surface area (Å²) < 4.78 is 3.96. The molecule has 0 bridgehead atoms. The van der Waals surface area contributed by atoms with Gasteiger partial charge in [0.25, 0.3) is 5.01 Å². The van der Waals surface area contributed by atoms with Gasteiger partial charge in [0.15, 0.2) is 6.54 Å². The number of thiazole rings is 1. The highest BCUT2D eigenvalue weighted by atomic mass is 32.2. The summed E-state index contributed by atoms with van der Waals surface area (Å²) >= 11 is 3.94. The van der Waals surface area contributed by atoms with Gasteiger partial charge < -0.3 is 4.90 Å². The number of fused-ring (bicyclic) bond motifs is 6. The lowest BCUT2D eigenvalue weighted by Crippen LogP contribution is -2.38. The van der Waals surface area contributed by atoms with Gasteiger partial charge >= 0.3 is 0 Å². The number of thioether (sulfide) groups is 1. The number of aryl methyl sites for hydroxylation is 1. The van der Waals surface area contributed by atoms with E-state index >= 15 is 0 Å². The Labute approximate surface area is 216 Å². The van der Waals surface area contributed by atoms with Crippen LogP contribution in [0.4, 0.5) is 5.69 Å². The molecular weight excluding hydrogens is 464 g/mol. The Bertz CT molecular complexity index is 1450. The normalized spacial score (nSPS) is 24.1. The first kappa shape index (κ1) is 21.7. The molecule has 3 aromatic rings. The first-order valence-electron chi connectivity index (χ1n) is 13.0. The summed E-state index contributed by atoms with van der Waals surface area (Å²) in [5.74, 6) is 0.690. The predicted molar refractivity (Wildman–Crippen MR) is 150 cm³/mol. The Balaban J connectivity index is 1.25. The van der Waals surface area contributed by atoms with Crippen molar-refractivity contribution in [2.24, 2.45) is 5.92 Å². The third-order valence-electron chi connectivity index (χ3n) is 7.68. The molecule has 0 fully saturated rings. The van der Waals surface area contributed by atoms with Gasteiger partial charge in [0, 0.05) is 29.5 Å². The molecule has 35 heavy (non-hydrogen) atoms. The van der Waals surface area contributed by atoms with E-state index in [0.29, 0.717) is 5.92 Å². The number of hydrogen-bond acceptors (Lipinski definition) is 3. The van der Waals surface area contributed by atoms with E-state index in [1.807, 2.05) is 23.1 Å². The molecule has 1 aromatic heterocycles. The maximum absolute atomic E-state index is 2.55. The van der Waals surface area contributed by atoms with Gasteiger partial charge in [0.1, 0.15) is 4.70 Å². The molecule has 4 heterocycles. The van der Waals surface area contributed by atoms with Crippen LogP contribution in [-0.2, 0) is 6.54 Å². The number of nitrogens with zero attached hydrogens (tertiary/aromatic N) is 2. The molecule has 7 rings (SSSR count). The first-order chi connectivity index (χ1) is 17.2. The maximum atomic E-state index is 2.55. The molecule has 1 atom stereocenters. The average molecular weight is 496 g/mol. The molecule has 2 aromatic carbocycles. The van der Waals surface area contributed by atoms with Crippen LogP contribution in [0.5, 0.6) is 0 Å². The van der Waals surface area contributed by atoms with Gasteiger partial charge in [-0.2, -0.15) is 4.57 Å². The Kier molecular flexibility index (Phi) is 5.47. The van der Waals surface area contributed by atoms with E-state index in [-0.39, 0.29) is 0 Å². The topological polar surface area (TPSA) is 7.12 Å². The Morgan fingerprint density at radius 3 is 2.83 bits per heavy atom. The average Bonchev–Trinajstić information content (AvgIpc) is 3.44. The SMILES string of the molecule is CC1CC(C=C2CCC[n+]3c2sc2ccccc23)=CC(=CC2=C3Sc4ccccc4N3CCC2)C1. The molecule has 0 radical (unpaired) electrons. The Morgan fingerprint density at radius 2 is 1.86 bits per heavy atom. The highest BCUT2D eigenvalue weighted by molar-refractivity contribution is 8.03. The van der Waals surface area contributed by atoms with Gasteiger partial charge in [0.2, 0.25) is 5.52 Å². The number of benzene rings is 2. The molecule has 1 aliphatic carbocycles. The van der Waals surface area contributed by atoms with Crippen LogP contribution in [0.2, 0.25) is 0 Å². The summed E-state index contributed by atoms with van der Waals surface area (Å²) in [4.78, 5) is 3.96. The van der Waals surface area contributed by atoms with Crippen LogP contribution >= 0.6 is 23.1 Å². The minimum atomic E-state index is 0.690. The van der Waals surface area contributed by atoms with Crippen LogP contribution in [0.15, 0.2) is 93.4 Å². The van der Waals surface area contributed by atoms with Gasteiger partial charge in [-0.3, -0.25) is 0 Å². The van der Waals surface area contributed by atoms with Crippen LogP contribution < -0.4 is 9.47 Å². The van der Waals surface area contributed by atoms with E-state index in [1.54, 1.807) is 0 Å². The molecule has 0 saturated heterocycles. The van der Waals surface area contributed by atoms with Crippen LogP contribution in [-0.4, -0.2) is 6.54 Å². The van der Waals surface area contributed by atoms with Crippen molar-refractivity contribution in [3.05, 3.63) is 93.5 Å². The Morgan fingerprint density at radius 1 is 0.971 bits per heavy atom. The van der Waals surface area contributed by atoms with Crippen molar-refractivity contribution >= 4 is 44.6 Å². The monoisotopic (exact) mass is 495 g/mol. The smallest absolute Gasteiger partial charge is 0.265 e. The molecular formula is C31H31N2S2+. The fourth-order valence-electron chi connectivity index (χ4n) is 6.21. The van der Waals surface area contributed by atoms with Crippen LogP contribution in [0.25, 0.3) is 15.8 Å². The van der Waals surface area contributed by atoms with E-state index in [4.69, 9.17) is 0 Å². The third kappa shape index (κ3) is 3.91. The van der Waals surface area contributed by atoms with Crippen LogP contribution in [0.3, 0.4) is 0 Å². The maximum Gasteiger partial charge on any atom is 0.265 e. The number of para-hydroxylation sites is 2. The van der Waals surface area contributed by atoms with E-state index in [2.05, 4.69) is 83.1 Å². The minimum Gasteiger partial charge on any atom is -0.335 e. The summed E-state index contributed by atoms with van der Waals surface area (Å²) in [7, 11) is 0. The van der Waals surface area contributed by atoms with Crippen molar-refractivity contribution in [3.8, 4) is 0 Å². The van der Waals surface area contributed by atoms with E-state index in [0.717, 1.165) is 13.1 Å². The van der Waals surface area contributed by atoms with Crippen molar-refractivity contribution < 1.29 is 4.57 Å². The lowest BCUT2D eigenvalue weighted by molar-refractivity contribution is -0.672. The molecule has 2 nitrogen and oxygen atoms in total. The van der Waals surface area contributed by atoms with Crippen molar-refractivity contribution in [3.63, 3.8) is 0 Å². The number of rotatable bonds is 2. The second-order valence-electron chi connectivity index (χ2n) is 10.4. The van der Waals surface area contributed by atoms with Gasteiger partial charge in [-0.05, 0) is 79.0 Å². The molecule has 176 valence electrons.